The summed E-state index contributed by atoms with van der Waals surface area (Å²) in [7, 11) is 0. The van der Waals surface area contributed by atoms with E-state index in [1.54, 1.807) is 12.1 Å². The first kappa shape index (κ1) is 9.94. The minimum Gasteiger partial charge on any atom is -0.316 e. The van der Waals surface area contributed by atoms with Crippen LogP contribution in [0.2, 0.25) is 5.02 Å². The van der Waals surface area contributed by atoms with Gasteiger partial charge in [0.25, 0.3) is 0 Å². The van der Waals surface area contributed by atoms with Gasteiger partial charge in [-0.1, -0.05) is 18.5 Å². The molecule has 0 bridgehead atoms. The van der Waals surface area contributed by atoms with Crippen molar-refractivity contribution in [2.75, 3.05) is 13.1 Å². The van der Waals surface area contributed by atoms with Gasteiger partial charge in [-0.2, -0.15) is 0 Å². The molecule has 1 aromatic carbocycles. The van der Waals surface area contributed by atoms with E-state index in [1.807, 2.05) is 0 Å². The van der Waals surface area contributed by atoms with E-state index in [2.05, 4.69) is 12.2 Å². The van der Waals surface area contributed by atoms with Crippen molar-refractivity contribution in [2.45, 2.75) is 19.3 Å². The second-order valence-corrected chi connectivity index (χ2v) is 4.23. The second-order valence-electron chi connectivity index (χ2n) is 3.82. The van der Waals surface area contributed by atoms with E-state index >= 15 is 0 Å². The Balaban J connectivity index is 2.49. The van der Waals surface area contributed by atoms with Crippen molar-refractivity contribution in [2.24, 2.45) is 0 Å². The second kappa shape index (κ2) is 3.87. The first-order valence-corrected chi connectivity index (χ1v) is 5.25. The number of nitrogens with one attached hydrogen (secondary N) is 1. The Labute approximate surface area is 88.3 Å². The van der Waals surface area contributed by atoms with Gasteiger partial charge in [0.05, 0.1) is 5.02 Å². The lowest BCUT2D eigenvalue weighted by Crippen LogP contribution is -2.18. The molecule has 1 aromatic rings. The maximum absolute atomic E-state index is 13.2. The molecule has 0 saturated heterocycles. The zero-order valence-electron chi connectivity index (χ0n) is 8.11. The maximum Gasteiger partial charge on any atom is 0.142 e. The average molecular weight is 214 g/mol. The number of hydrogen-bond donors (Lipinski definition) is 1. The van der Waals surface area contributed by atoms with Gasteiger partial charge >= 0.3 is 0 Å². The van der Waals surface area contributed by atoms with Crippen molar-refractivity contribution in [3.63, 3.8) is 0 Å². The maximum atomic E-state index is 13.2. The molecule has 0 saturated carbocycles. The number of rotatable bonds is 0. The van der Waals surface area contributed by atoms with E-state index in [9.17, 15) is 4.39 Å². The van der Waals surface area contributed by atoms with Crippen molar-refractivity contribution >= 4 is 11.6 Å². The predicted molar refractivity (Wildman–Crippen MR) is 56.4 cm³/mol. The Morgan fingerprint density at radius 1 is 1.50 bits per heavy atom. The van der Waals surface area contributed by atoms with Crippen LogP contribution in [0, 0.1) is 5.82 Å². The summed E-state index contributed by atoms with van der Waals surface area (Å²) in [6.07, 6.45) is 0.883. The lowest BCUT2D eigenvalue weighted by atomic mass is 9.95. The molecule has 1 nitrogen and oxygen atoms in total. The van der Waals surface area contributed by atoms with E-state index in [1.165, 1.54) is 5.56 Å². The van der Waals surface area contributed by atoms with Crippen LogP contribution in [0.3, 0.4) is 0 Å². The van der Waals surface area contributed by atoms with Crippen LogP contribution in [0.1, 0.15) is 24.0 Å². The number of hydrogen-bond acceptors (Lipinski definition) is 1. The number of fused-ring (bicyclic) bond motifs is 1. The van der Waals surface area contributed by atoms with Crippen molar-refractivity contribution < 1.29 is 4.39 Å². The molecule has 0 radical (unpaired) electrons. The fraction of sp³-hybridized carbons (Fsp3) is 0.455. The predicted octanol–water partition coefficient (Wildman–Crippen LogP) is 2.73. The van der Waals surface area contributed by atoms with E-state index in [-0.39, 0.29) is 10.8 Å². The number of halogens is 2. The van der Waals surface area contributed by atoms with Crippen molar-refractivity contribution in [1.82, 2.24) is 5.32 Å². The number of benzene rings is 1. The smallest absolute Gasteiger partial charge is 0.142 e. The van der Waals surface area contributed by atoms with Crippen LogP contribution in [0.15, 0.2) is 12.1 Å². The molecule has 14 heavy (non-hydrogen) atoms. The first-order chi connectivity index (χ1) is 6.68. The van der Waals surface area contributed by atoms with Crippen LogP contribution >= 0.6 is 11.6 Å². The first-order valence-electron chi connectivity index (χ1n) is 4.87. The van der Waals surface area contributed by atoms with Gasteiger partial charge in [0.15, 0.2) is 0 Å². The molecule has 76 valence electrons. The van der Waals surface area contributed by atoms with Gasteiger partial charge in [-0.05, 0) is 42.1 Å². The zero-order chi connectivity index (χ0) is 10.1. The Kier molecular flexibility index (Phi) is 2.75. The normalized spacial score (nSPS) is 21.5. The van der Waals surface area contributed by atoms with Crippen LogP contribution < -0.4 is 5.32 Å². The summed E-state index contributed by atoms with van der Waals surface area (Å²) in [4.78, 5) is 0. The van der Waals surface area contributed by atoms with Crippen LogP contribution in [-0.2, 0) is 6.42 Å². The highest BCUT2D eigenvalue weighted by atomic mass is 35.5. The van der Waals surface area contributed by atoms with Gasteiger partial charge in [-0.3, -0.25) is 0 Å². The third-order valence-corrected chi connectivity index (χ3v) is 3.02. The minimum atomic E-state index is -0.306. The largest absolute Gasteiger partial charge is 0.316 e. The van der Waals surface area contributed by atoms with Gasteiger partial charge < -0.3 is 5.32 Å². The topological polar surface area (TPSA) is 12.0 Å². The zero-order valence-corrected chi connectivity index (χ0v) is 8.87. The van der Waals surface area contributed by atoms with Crippen LogP contribution in [-0.4, -0.2) is 13.1 Å². The lowest BCUT2D eigenvalue weighted by Gasteiger charge is -2.12. The molecule has 3 heteroatoms. The fourth-order valence-corrected chi connectivity index (χ4v) is 2.10. The minimum absolute atomic E-state index is 0.234. The molecular formula is C11H13ClFN. The van der Waals surface area contributed by atoms with Crippen LogP contribution in [0.25, 0.3) is 0 Å². The molecule has 0 spiro atoms. The summed E-state index contributed by atoms with van der Waals surface area (Å²) in [5, 5.41) is 3.55. The van der Waals surface area contributed by atoms with Crippen LogP contribution in [0.5, 0.6) is 0 Å². The highest BCUT2D eigenvalue weighted by molar-refractivity contribution is 6.30. The Morgan fingerprint density at radius 3 is 3.07 bits per heavy atom. The van der Waals surface area contributed by atoms with Gasteiger partial charge in [0.1, 0.15) is 5.82 Å². The van der Waals surface area contributed by atoms with E-state index < -0.39 is 0 Å². The van der Waals surface area contributed by atoms with Gasteiger partial charge in [0.2, 0.25) is 0 Å². The Bertz CT molecular complexity index is 351. The molecule has 0 amide bonds. The van der Waals surface area contributed by atoms with Gasteiger partial charge in [-0.15, -0.1) is 0 Å². The monoisotopic (exact) mass is 213 g/mol. The highest BCUT2D eigenvalue weighted by Crippen LogP contribution is 2.27. The molecule has 0 fully saturated rings. The summed E-state index contributed by atoms with van der Waals surface area (Å²) >= 11 is 5.77. The fourth-order valence-electron chi connectivity index (χ4n) is 1.93. The van der Waals surface area contributed by atoms with Crippen molar-refractivity contribution in [3.05, 3.63) is 34.1 Å². The molecule has 0 unspecified atom stereocenters. The van der Waals surface area contributed by atoms with Gasteiger partial charge in [0, 0.05) is 6.54 Å². The van der Waals surface area contributed by atoms with Crippen molar-refractivity contribution in [1.29, 1.82) is 0 Å². The summed E-state index contributed by atoms with van der Waals surface area (Å²) < 4.78 is 13.2. The van der Waals surface area contributed by atoms with E-state index in [0.717, 1.165) is 25.1 Å². The summed E-state index contributed by atoms with van der Waals surface area (Å²) in [6, 6.07) is 3.34. The lowest BCUT2D eigenvalue weighted by molar-refractivity contribution is 0.624. The van der Waals surface area contributed by atoms with Gasteiger partial charge in [-0.25, -0.2) is 4.39 Å². The molecule has 0 aliphatic carbocycles. The molecule has 1 atom stereocenters. The van der Waals surface area contributed by atoms with Crippen molar-refractivity contribution in [3.8, 4) is 0 Å². The molecule has 1 aliphatic heterocycles. The van der Waals surface area contributed by atoms with E-state index in [0.29, 0.717) is 5.92 Å². The molecule has 0 aromatic heterocycles. The summed E-state index contributed by atoms with van der Waals surface area (Å²) in [5.74, 6) is 0.102. The standard InChI is InChI=1S/C11H13ClFN/c1-7-6-14-3-2-8-4-11(13)10(12)5-9(7)8/h4-5,7,14H,2-3,6H2,1H3/t7-/m1/s1. The van der Waals surface area contributed by atoms with Crippen LogP contribution in [0.4, 0.5) is 4.39 Å². The quantitative estimate of drug-likeness (QED) is 0.699. The molecular weight excluding hydrogens is 201 g/mol. The van der Waals surface area contributed by atoms with E-state index in [4.69, 9.17) is 11.6 Å². The average Bonchev–Trinajstić information content (AvgIpc) is 2.31. The summed E-state index contributed by atoms with van der Waals surface area (Å²) in [5.41, 5.74) is 2.27. The summed E-state index contributed by atoms with van der Waals surface area (Å²) in [6.45, 7) is 3.98. The Morgan fingerprint density at radius 2 is 2.29 bits per heavy atom. The third kappa shape index (κ3) is 1.77. The third-order valence-electron chi connectivity index (χ3n) is 2.73. The SMILES string of the molecule is C[C@@H]1CNCCc2cc(F)c(Cl)cc21. The molecule has 1 heterocycles. The Hall–Kier alpha value is -0.600. The molecule has 1 N–H and O–H groups in total. The highest BCUT2D eigenvalue weighted by Gasteiger charge is 2.16. The molecule has 1 aliphatic rings. The molecule has 2 rings (SSSR count).